The molecule has 1 atom stereocenters. The molecule has 0 saturated heterocycles. The van der Waals surface area contributed by atoms with Gasteiger partial charge in [0.05, 0.1) is 23.3 Å². The van der Waals surface area contributed by atoms with Crippen LogP contribution >= 0.6 is 0 Å². The molecule has 0 aliphatic rings. The first-order valence-electron chi connectivity index (χ1n) is 10.6. The van der Waals surface area contributed by atoms with E-state index in [0.29, 0.717) is 22.4 Å². The van der Waals surface area contributed by atoms with Gasteiger partial charge in [0.2, 0.25) is 0 Å². The Kier molecular flexibility index (Phi) is 7.41. The summed E-state index contributed by atoms with van der Waals surface area (Å²) in [6, 6.07) is 18.2. The summed E-state index contributed by atoms with van der Waals surface area (Å²) in [6.45, 7) is 4.54. The van der Waals surface area contributed by atoms with Crippen LogP contribution in [0, 0.1) is 5.41 Å². The summed E-state index contributed by atoms with van der Waals surface area (Å²) in [5.41, 5.74) is -0.0740. The molecule has 1 aromatic heterocycles. The first-order chi connectivity index (χ1) is 15.6. The summed E-state index contributed by atoms with van der Waals surface area (Å²) in [7, 11) is 0. The summed E-state index contributed by atoms with van der Waals surface area (Å²) in [6.07, 6.45) is -2.79. The van der Waals surface area contributed by atoms with Crippen LogP contribution in [0.2, 0.25) is 0 Å². The van der Waals surface area contributed by atoms with Gasteiger partial charge in [-0.05, 0) is 54.4 Å². The second-order valence-corrected chi connectivity index (χ2v) is 8.17. The highest BCUT2D eigenvalue weighted by molar-refractivity contribution is 5.89. The predicted octanol–water partition coefficient (Wildman–Crippen LogP) is 6.56. The van der Waals surface area contributed by atoms with Crippen LogP contribution < -0.4 is 4.74 Å². The van der Waals surface area contributed by atoms with Crippen LogP contribution in [0.3, 0.4) is 0 Å². The molecular formula is C26H26F3NO3. The minimum atomic E-state index is -4.45. The van der Waals surface area contributed by atoms with E-state index in [2.05, 4.69) is 4.98 Å². The van der Waals surface area contributed by atoms with Crippen molar-refractivity contribution in [3.8, 4) is 5.75 Å². The lowest BCUT2D eigenvalue weighted by atomic mass is 9.70. The van der Waals surface area contributed by atoms with Gasteiger partial charge in [-0.1, -0.05) is 44.2 Å². The summed E-state index contributed by atoms with van der Waals surface area (Å²) in [5, 5.41) is 0. The molecule has 174 valence electrons. The molecule has 0 fully saturated rings. The zero-order valence-corrected chi connectivity index (χ0v) is 18.7. The highest BCUT2D eigenvalue weighted by atomic mass is 19.4. The Hall–Kier alpha value is -3.35. The van der Waals surface area contributed by atoms with Crippen molar-refractivity contribution >= 4 is 5.97 Å². The molecule has 33 heavy (non-hydrogen) atoms. The number of carbonyl (C=O) groups excluding carboxylic acids is 1. The minimum absolute atomic E-state index is 0.221. The van der Waals surface area contributed by atoms with Crippen molar-refractivity contribution < 1.29 is 27.4 Å². The number of rotatable bonds is 8. The molecule has 0 saturated carbocycles. The Bertz CT molecular complexity index is 1050. The molecule has 0 aliphatic carbocycles. The van der Waals surface area contributed by atoms with E-state index >= 15 is 0 Å². The molecule has 0 bridgehead atoms. The van der Waals surface area contributed by atoms with Crippen molar-refractivity contribution in [1.29, 1.82) is 0 Å². The average molecular weight is 457 g/mol. The van der Waals surface area contributed by atoms with Crippen LogP contribution in [0.1, 0.15) is 53.9 Å². The predicted molar refractivity (Wildman–Crippen MR) is 119 cm³/mol. The number of carbonyl (C=O) groups is 1. The lowest BCUT2D eigenvalue weighted by Crippen LogP contribution is -2.38. The molecule has 2 aromatic carbocycles. The fourth-order valence-corrected chi connectivity index (χ4v) is 3.61. The standard InChI is InChI=1S/C26H26F3NO3/c1-4-32-24(31)20-10-8-18(9-11-20)23(25(2,3)26(27,28)29)19-12-14-22(15-13-19)33-17-21-7-5-6-16-30-21/h5-16,23H,4,17H2,1-3H3. The maximum atomic E-state index is 14.0. The highest BCUT2D eigenvalue weighted by Gasteiger charge is 2.53. The van der Waals surface area contributed by atoms with Crippen LogP contribution in [0.5, 0.6) is 5.75 Å². The minimum Gasteiger partial charge on any atom is -0.487 e. The first-order valence-corrected chi connectivity index (χ1v) is 10.6. The van der Waals surface area contributed by atoms with Crippen molar-refractivity contribution in [3.63, 3.8) is 0 Å². The number of esters is 1. The van der Waals surface area contributed by atoms with Crippen LogP contribution in [0.4, 0.5) is 13.2 Å². The van der Waals surface area contributed by atoms with Crippen LogP contribution in [0.25, 0.3) is 0 Å². The largest absolute Gasteiger partial charge is 0.487 e. The normalized spacial score (nSPS) is 12.8. The topological polar surface area (TPSA) is 48.4 Å². The molecule has 7 heteroatoms. The summed E-state index contributed by atoms with van der Waals surface area (Å²) in [4.78, 5) is 16.1. The third kappa shape index (κ3) is 5.72. The van der Waals surface area contributed by atoms with Gasteiger partial charge in [-0.2, -0.15) is 13.2 Å². The van der Waals surface area contributed by atoms with Crippen LogP contribution in [-0.2, 0) is 11.3 Å². The van der Waals surface area contributed by atoms with Crippen molar-refractivity contribution in [2.45, 2.75) is 39.5 Å². The zero-order chi connectivity index (χ0) is 24.1. The Morgan fingerprint density at radius 1 is 0.939 bits per heavy atom. The number of alkyl halides is 3. The number of halogens is 3. The number of hydrogen-bond donors (Lipinski definition) is 0. The molecule has 4 nitrogen and oxygen atoms in total. The van der Waals surface area contributed by atoms with E-state index in [4.69, 9.17) is 9.47 Å². The molecule has 3 rings (SSSR count). The number of aromatic nitrogens is 1. The quantitative estimate of drug-likeness (QED) is 0.360. The Morgan fingerprint density at radius 2 is 1.55 bits per heavy atom. The van der Waals surface area contributed by atoms with Crippen molar-refractivity contribution in [2.75, 3.05) is 6.61 Å². The Morgan fingerprint density at radius 3 is 2.06 bits per heavy atom. The first kappa shape index (κ1) is 24.3. The molecule has 0 spiro atoms. The van der Waals surface area contributed by atoms with E-state index in [0.717, 1.165) is 5.69 Å². The van der Waals surface area contributed by atoms with Gasteiger partial charge in [0.15, 0.2) is 0 Å². The summed E-state index contributed by atoms with van der Waals surface area (Å²) < 4.78 is 52.8. The smallest absolute Gasteiger partial charge is 0.394 e. The number of ether oxygens (including phenoxy) is 2. The molecular weight excluding hydrogens is 431 g/mol. The van der Waals surface area contributed by atoms with Crippen molar-refractivity contribution in [2.24, 2.45) is 5.41 Å². The van der Waals surface area contributed by atoms with Crippen molar-refractivity contribution in [3.05, 3.63) is 95.3 Å². The molecule has 3 aromatic rings. The van der Waals surface area contributed by atoms with Gasteiger partial charge in [-0.15, -0.1) is 0 Å². The molecule has 0 radical (unpaired) electrons. The van der Waals surface area contributed by atoms with Gasteiger partial charge in [0, 0.05) is 12.1 Å². The van der Waals surface area contributed by atoms with E-state index in [1.807, 2.05) is 12.1 Å². The molecule has 1 heterocycles. The Labute approximate surface area is 191 Å². The monoisotopic (exact) mass is 457 g/mol. The summed E-state index contributed by atoms with van der Waals surface area (Å²) in [5.74, 6) is -0.964. The summed E-state index contributed by atoms with van der Waals surface area (Å²) >= 11 is 0. The van der Waals surface area contributed by atoms with Crippen LogP contribution in [-0.4, -0.2) is 23.7 Å². The molecule has 0 amide bonds. The van der Waals surface area contributed by atoms with Crippen molar-refractivity contribution in [1.82, 2.24) is 4.98 Å². The molecule has 1 unspecified atom stereocenters. The zero-order valence-electron chi connectivity index (χ0n) is 18.7. The van der Waals surface area contributed by atoms with E-state index < -0.39 is 23.5 Å². The van der Waals surface area contributed by atoms with Gasteiger partial charge < -0.3 is 9.47 Å². The Balaban J connectivity index is 1.89. The van der Waals surface area contributed by atoms with E-state index in [1.165, 1.54) is 26.0 Å². The fourth-order valence-electron chi connectivity index (χ4n) is 3.61. The lowest BCUT2D eigenvalue weighted by molar-refractivity contribution is -0.216. The second-order valence-electron chi connectivity index (χ2n) is 8.17. The highest BCUT2D eigenvalue weighted by Crippen LogP contribution is 2.51. The van der Waals surface area contributed by atoms with Gasteiger partial charge >= 0.3 is 12.1 Å². The van der Waals surface area contributed by atoms with E-state index in [-0.39, 0.29) is 13.2 Å². The second kappa shape index (κ2) is 10.1. The van der Waals surface area contributed by atoms with Gasteiger partial charge in [-0.3, -0.25) is 4.98 Å². The molecule has 0 N–H and O–H groups in total. The number of hydrogen-bond acceptors (Lipinski definition) is 4. The number of benzene rings is 2. The van der Waals surface area contributed by atoms with E-state index in [1.54, 1.807) is 55.6 Å². The number of nitrogens with zero attached hydrogens (tertiary/aromatic N) is 1. The van der Waals surface area contributed by atoms with E-state index in [9.17, 15) is 18.0 Å². The average Bonchev–Trinajstić information content (AvgIpc) is 2.79. The van der Waals surface area contributed by atoms with Crippen LogP contribution in [0.15, 0.2) is 72.9 Å². The number of pyridine rings is 1. The third-order valence-electron chi connectivity index (χ3n) is 5.53. The van der Waals surface area contributed by atoms with Gasteiger partial charge in [0.25, 0.3) is 0 Å². The third-order valence-corrected chi connectivity index (χ3v) is 5.53. The van der Waals surface area contributed by atoms with Gasteiger partial charge in [0.1, 0.15) is 12.4 Å². The maximum absolute atomic E-state index is 14.0. The SMILES string of the molecule is CCOC(=O)c1ccc(C(c2ccc(OCc3ccccn3)cc2)C(C)(C)C(F)(F)F)cc1. The van der Waals surface area contributed by atoms with Gasteiger partial charge in [-0.25, -0.2) is 4.79 Å². The molecule has 0 aliphatic heterocycles. The lowest BCUT2D eigenvalue weighted by Gasteiger charge is -2.37. The fraction of sp³-hybridized carbons (Fsp3) is 0.308. The maximum Gasteiger partial charge on any atom is 0.394 e.